The lowest BCUT2D eigenvalue weighted by Gasteiger charge is -2.25. The maximum Gasteiger partial charge on any atom is 0.156 e. The number of para-hydroxylation sites is 1. The lowest BCUT2D eigenvalue weighted by molar-refractivity contribution is 0.446. The average Bonchev–Trinajstić information content (AvgIpc) is 3.86. The number of hydrogen-bond acceptors (Lipinski definition) is 2. The molecule has 13 rings (SSSR count). The minimum absolute atomic E-state index is 0.0175. The summed E-state index contributed by atoms with van der Waals surface area (Å²) in [4.78, 5) is 11.2. The first-order valence-electron chi connectivity index (χ1n) is 22.8. The Bertz CT molecular complexity index is 3900. The van der Waals surface area contributed by atoms with Crippen LogP contribution in [-0.2, 0) is 0 Å². The first-order valence-corrected chi connectivity index (χ1v) is 22.8. The molecule has 2 aromatic heterocycles. The van der Waals surface area contributed by atoms with Crippen molar-refractivity contribution in [3.8, 4) is 11.4 Å². The van der Waals surface area contributed by atoms with Crippen LogP contribution in [-0.4, -0.2) is 20.7 Å². The molecule has 4 nitrogen and oxygen atoms in total. The van der Waals surface area contributed by atoms with Gasteiger partial charge >= 0.3 is 0 Å². The molecule has 1 unspecified atom stereocenters. The van der Waals surface area contributed by atoms with Gasteiger partial charge in [0.1, 0.15) is 0 Å². The molecule has 12 aromatic rings. The molecule has 0 fully saturated rings. The first kappa shape index (κ1) is 37.5. The highest BCUT2D eigenvalue weighted by atomic mass is 15.0. The molecule has 0 spiro atoms. The van der Waals surface area contributed by atoms with Gasteiger partial charge in [0.2, 0.25) is 0 Å². The average molecular weight is 833 g/mol. The van der Waals surface area contributed by atoms with Crippen LogP contribution >= 0.6 is 0 Å². The molecule has 0 amide bonds. The van der Waals surface area contributed by atoms with E-state index >= 15 is 0 Å². The van der Waals surface area contributed by atoms with E-state index in [2.05, 4.69) is 228 Å². The van der Waals surface area contributed by atoms with Crippen LogP contribution in [0.4, 0.5) is 0 Å². The SMILES string of the molecule is C[C@@H]1CC/C(c2ccccc2)=N\C(c2ccc(-n3c4ccccc4c4cc5c6ccc7ccccc7c6n(-c6cccc7ccccc67)c5cc43)c3ccccc23)=N/C1c1ccccc1. The van der Waals surface area contributed by atoms with E-state index < -0.39 is 0 Å². The van der Waals surface area contributed by atoms with E-state index in [1.807, 2.05) is 0 Å². The Morgan fingerprint density at radius 2 is 1.05 bits per heavy atom. The highest BCUT2D eigenvalue weighted by Crippen LogP contribution is 2.44. The summed E-state index contributed by atoms with van der Waals surface area (Å²) in [6.07, 6.45) is 1.88. The third kappa shape index (κ3) is 5.98. The fourth-order valence-electron chi connectivity index (χ4n) is 10.8. The van der Waals surface area contributed by atoms with Crippen molar-refractivity contribution in [1.29, 1.82) is 0 Å². The van der Waals surface area contributed by atoms with Crippen LogP contribution in [0.1, 0.15) is 42.5 Å². The molecule has 2 atom stereocenters. The number of aliphatic imine (C=N–C) groups is 2. The molecule has 308 valence electrons. The summed E-state index contributed by atoms with van der Waals surface area (Å²) in [5, 5.41) is 12.1. The first-order chi connectivity index (χ1) is 32.2. The Morgan fingerprint density at radius 1 is 0.431 bits per heavy atom. The molecule has 0 aliphatic carbocycles. The number of hydrogen-bond donors (Lipinski definition) is 0. The summed E-state index contributed by atoms with van der Waals surface area (Å²) in [6.45, 7) is 2.34. The van der Waals surface area contributed by atoms with E-state index in [1.54, 1.807) is 0 Å². The van der Waals surface area contributed by atoms with Crippen molar-refractivity contribution < 1.29 is 0 Å². The summed E-state index contributed by atoms with van der Waals surface area (Å²) in [7, 11) is 0. The molecule has 1 aliphatic heterocycles. The molecule has 3 heterocycles. The van der Waals surface area contributed by atoms with E-state index in [-0.39, 0.29) is 6.04 Å². The van der Waals surface area contributed by atoms with Gasteiger partial charge in [-0.3, -0.25) is 4.99 Å². The minimum Gasteiger partial charge on any atom is -0.309 e. The maximum atomic E-state index is 5.63. The highest BCUT2D eigenvalue weighted by Gasteiger charge is 2.26. The van der Waals surface area contributed by atoms with Gasteiger partial charge in [-0.05, 0) is 82.4 Å². The predicted octanol–water partition coefficient (Wildman–Crippen LogP) is 15.7. The molecule has 10 aromatic carbocycles. The number of rotatable bonds is 5. The number of nitrogens with zero attached hydrogens (tertiary/aromatic N) is 4. The zero-order valence-corrected chi connectivity index (χ0v) is 36.1. The quantitative estimate of drug-likeness (QED) is 0.166. The summed E-state index contributed by atoms with van der Waals surface area (Å²) >= 11 is 0. The van der Waals surface area contributed by atoms with Crippen molar-refractivity contribution >= 4 is 87.5 Å². The van der Waals surface area contributed by atoms with Gasteiger partial charge in [-0.15, -0.1) is 0 Å². The molecular weight excluding hydrogens is 789 g/mol. The minimum atomic E-state index is -0.0175. The van der Waals surface area contributed by atoms with Crippen LogP contribution in [0.15, 0.2) is 222 Å². The molecule has 0 saturated heterocycles. The van der Waals surface area contributed by atoms with Crippen molar-refractivity contribution in [3.63, 3.8) is 0 Å². The van der Waals surface area contributed by atoms with Crippen molar-refractivity contribution in [1.82, 2.24) is 9.13 Å². The monoisotopic (exact) mass is 832 g/mol. The topological polar surface area (TPSA) is 34.6 Å². The van der Waals surface area contributed by atoms with Crippen LogP contribution in [0.3, 0.4) is 0 Å². The van der Waals surface area contributed by atoms with E-state index in [0.29, 0.717) is 5.92 Å². The summed E-state index contributed by atoms with van der Waals surface area (Å²) < 4.78 is 5.02. The number of amidine groups is 1. The fourth-order valence-corrected chi connectivity index (χ4v) is 10.8. The molecule has 65 heavy (non-hydrogen) atoms. The second-order valence-corrected chi connectivity index (χ2v) is 17.7. The van der Waals surface area contributed by atoms with E-state index in [9.17, 15) is 0 Å². The summed E-state index contributed by atoms with van der Waals surface area (Å²) in [5.41, 5.74) is 11.5. The summed E-state index contributed by atoms with van der Waals surface area (Å²) in [6, 6.07) is 77.5. The number of fused-ring (bicyclic) bond motifs is 10. The van der Waals surface area contributed by atoms with Gasteiger partial charge in [-0.2, -0.15) is 0 Å². The third-order valence-electron chi connectivity index (χ3n) is 14.0. The van der Waals surface area contributed by atoms with Crippen molar-refractivity contribution in [2.24, 2.45) is 15.9 Å². The Kier molecular flexibility index (Phi) is 8.67. The van der Waals surface area contributed by atoms with Gasteiger partial charge < -0.3 is 9.13 Å². The molecular formula is C61H44N4. The van der Waals surface area contributed by atoms with Gasteiger partial charge in [0.25, 0.3) is 0 Å². The number of benzene rings is 10. The van der Waals surface area contributed by atoms with Gasteiger partial charge in [0.15, 0.2) is 5.84 Å². The molecule has 0 radical (unpaired) electrons. The zero-order chi connectivity index (χ0) is 43.0. The Hall–Kier alpha value is -8.08. The van der Waals surface area contributed by atoms with Crippen LogP contribution in [0.2, 0.25) is 0 Å². The molecule has 0 bridgehead atoms. The Morgan fingerprint density at radius 3 is 1.86 bits per heavy atom. The summed E-state index contributed by atoms with van der Waals surface area (Å²) in [5.74, 6) is 1.10. The van der Waals surface area contributed by atoms with Crippen LogP contribution in [0.25, 0.3) is 87.3 Å². The second kappa shape index (κ2) is 15.0. The smallest absolute Gasteiger partial charge is 0.156 e. The molecule has 1 aliphatic rings. The Labute approximate surface area is 377 Å². The Balaban J connectivity index is 1.10. The standard InChI is InChI=1S/C61H44N4/c1-39-31-35-53(42-19-4-2-5-20-42)62-61(63-59(39)43-21-6-3-7-22-43)50-34-36-56(47-27-13-12-26-46(47)50)64-55-29-15-14-28-48(55)51-37-52-49-33-32-41-18-9-11-25-45(41)60(49)65(58(52)38-57(51)64)54-30-16-23-40-17-8-10-24-44(40)54/h2-30,32-34,36-39,59H,31,35H2,1H3/b62-53+,63-61-/t39-,59?/m1/s1. The molecule has 4 heteroatoms. The largest absolute Gasteiger partial charge is 0.309 e. The van der Waals surface area contributed by atoms with Gasteiger partial charge in [0, 0.05) is 43.3 Å². The fraction of sp³-hybridized carbons (Fsp3) is 0.0820. The van der Waals surface area contributed by atoms with E-state index in [4.69, 9.17) is 9.98 Å². The van der Waals surface area contributed by atoms with E-state index in [0.717, 1.165) is 57.5 Å². The van der Waals surface area contributed by atoms with Gasteiger partial charge in [-0.25, -0.2) is 4.99 Å². The van der Waals surface area contributed by atoms with Gasteiger partial charge in [0.05, 0.1) is 45.2 Å². The molecule has 0 saturated carbocycles. The lowest BCUT2D eigenvalue weighted by atomic mass is 9.88. The van der Waals surface area contributed by atoms with E-state index in [1.165, 1.54) is 70.9 Å². The predicted molar refractivity (Wildman–Crippen MR) is 275 cm³/mol. The van der Waals surface area contributed by atoms with Crippen molar-refractivity contribution in [2.75, 3.05) is 0 Å². The normalized spacial score (nSPS) is 17.4. The number of aromatic nitrogens is 2. The van der Waals surface area contributed by atoms with Gasteiger partial charge in [-0.1, -0.05) is 183 Å². The zero-order valence-electron chi connectivity index (χ0n) is 36.1. The lowest BCUT2D eigenvalue weighted by Crippen LogP contribution is -2.18. The van der Waals surface area contributed by atoms with Crippen molar-refractivity contribution in [2.45, 2.75) is 25.8 Å². The third-order valence-corrected chi connectivity index (χ3v) is 14.0. The molecule has 0 N–H and O–H groups in total. The van der Waals surface area contributed by atoms with Crippen LogP contribution < -0.4 is 0 Å². The highest BCUT2D eigenvalue weighted by molar-refractivity contribution is 6.24. The second-order valence-electron chi connectivity index (χ2n) is 17.7. The maximum absolute atomic E-state index is 5.63. The van der Waals surface area contributed by atoms with Crippen LogP contribution in [0.5, 0.6) is 0 Å². The van der Waals surface area contributed by atoms with Crippen LogP contribution in [0, 0.1) is 5.92 Å². The van der Waals surface area contributed by atoms with Crippen molar-refractivity contribution in [3.05, 3.63) is 229 Å².